The van der Waals surface area contributed by atoms with E-state index < -0.39 is 0 Å². The van der Waals surface area contributed by atoms with Gasteiger partial charge in [-0.15, -0.1) is 10.2 Å². The maximum atomic E-state index is 11.8. The quantitative estimate of drug-likeness (QED) is 0.718. The van der Waals surface area contributed by atoms with Crippen molar-refractivity contribution in [2.45, 2.75) is 26.3 Å². The van der Waals surface area contributed by atoms with Crippen LogP contribution in [0.25, 0.3) is 0 Å². The summed E-state index contributed by atoms with van der Waals surface area (Å²) in [7, 11) is 0. The molecule has 7 nitrogen and oxygen atoms in total. The van der Waals surface area contributed by atoms with E-state index in [0.717, 1.165) is 25.9 Å². The second-order valence-electron chi connectivity index (χ2n) is 4.25. The Bertz CT molecular complexity index is 524. The molecule has 20 heavy (non-hydrogen) atoms. The summed E-state index contributed by atoms with van der Waals surface area (Å²) in [5, 5.41) is 14.8. The maximum absolute atomic E-state index is 11.8. The molecule has 0 fully saturated rings. The first-order chi connectivity index (χ1) is 9.79. The molecule has 1 amide bonds. The summed E-state index contributed by atoms with van der Waals surface area (Å²) in [6.45, 7) is 4.34. The number of nitrogens with one attached hydrogen (secondary N) is 2. The third-order valence-corrected chi connectivity index (χ3v) is 3.46. The number of carbonyl (C=O) groups excluding carboxylic acids is 1. The van der Waals surface area contributed by atoms with Crippen molar-refractivity contribution >= 4 is 22.4 Å². The minimum atomic E-state index is -0.169. The second kappa shape index (κ2) is 7.59. The highest BCUT2D eigenvalue weighted by Gasteiger charge is 2.11. The summed E-state index contributed by atoms with van der Waals surface area (Å²) in [5.41, 5.74) is 0. The van der Waals surface area contributed by atoms with Crippen LogP contribution in [0.3, 0.4) is 0 Å². The van der Waals surface area contributed by atoms with Gasteiger partial charge in [-0.25, -0.2) is 4.98 Å². The summed E-state index contributed by atoms with van der Waals surface area (Å²) >= 11 is 1.28. The highest BCUT2D eigenvalue weighted by Crippen LogP contribution is 2.14. The van der Waals surface area contributed by atoms with Crippen molar-refractivity contribution in [1.29, 1.82) is 0 Å². The third-order valence-electron chi connectivity index (χ3n) is 2.58. The first kappa shape index (κ1) is 14.4. The number of anilines is 1. The average Bonchev–Trinajstić information content (AvgIpc) is 3.12. The number of carbonyl (C=O) groups is 1. The number of nitrogens with zero attached hydrogens (tertiary/aromatic N) is 4. The van der Waals surface area contributed by atoms with Gasteiger partial charge in [0.15, 0.2) is 0 Å². The van der Waals surface area contributed by atoms with E-state index in [-0.39, 0.29) is 5.91 Å². The Balaban J connectivity index is 1.70. The van der Waals surface area contributed by atoms with Gasteiger partial charge in [0.1, 0.15) is 0 Å². The minimum absolute atomic E-state index is 0.169. The Morgan fingerprint density at radius 1 is 1.40 bits per heavy atom. The van der Waals surface area contributed by atoms with Gasteiger partial charge in [-0.1, -0.05) is 18.3 Å². The molecule has 8 heteroatoms. The molecule has 0 saturated carbocycles. The predicted octanol–water partition coefficient (Wildman–Crippen LogP) is 1.38. The van der Waals surface area contributed by atoms with E-state index >= 15 is 0 Å². The predicted molar refractivity (Wildman–Crippen MR) is 77.9 cm³/mol. The van der Waals surface area contributed by atoms with Crippen LogP contribution in [0.1, 0.15) is 29.6 Å². The molecule has 0 aliphatic rings. The first-order valence-corrected chi connectivity index (χ1v) is 7.42. The van der Waals surface area contributed by atoms with Crippen LogP contribution < -0.4 is 10.6 Å². The van der Waals surface area contributed by atoms with Crippen molar-refractivity contribution in [1.82, 2.24) is 25.1 Å². The molecule has 2 aromatic heterocycles. The van der Waals surface area contributed by atoms with Crippen molar-refractivity contribution in [3.8, 4) is 0 Å². The smallest absolute Gasteiger partial charge is 0.282 e. The number of amides is 1. The molecular weight excluding hydrogens is 276 g/mol. The molecule has 108 valence electrons. The normalized spacial score (nSPS) is 10.4. The summed E-state index contributed by atoms with van der Waals surface area (Å²) < 4.78 is 1.98. The lowest BCUT2D eigenvalue weighted by Crippen LogP contribution is -2.25. The van der Waals surface area contributed by atoms with Crippen molar-refractivity contribution in [2.24, 2.45) is 0 Å². The number of aromatic nitrogens is 4. The van der Waals surface area contributed by atoms with Gasteiger partial charge in [-0.2, -0.15) is 0 Å². The topological polar surface area (TPSA) is 84.7 Å². The number of aryl methyl sites for hydroxylation is 1. The van der Waals surface area contributed by atoms with Crippen LogP contribution in [-0.4, -0.2) is 38.7 Å². The number of rotatable bonds is 8. The van der Waals surface area contributed by atoms with Gasteiger partial charge in [0.05, 0.1) is 6.33 Å². The standard InChI is InChI=1S/C12H18N6OS/c1-2-4-15-12-17-16-11(20-12)10(19)14-5-3-7-18-8-6-13-9-18/h6,8-9H,2-5,7H2,1H3,(H,14,19)(H,15,17). The van der Waals surface area contributed by atoms with E-state index in [9.17, 15) is 4.79 Å². The van der Waals surface area contributed by atoms with Crippen LogP contribution in [0.4, 0.5) is 5.13 Å². The van der Waals surface area contributed by atoms with E-state index in [4.69, 9.17) is 0 Å². The molecule has 2 N–H and O–H groups in total. The number of hydrogen-bond acceptors (Lipinski definition) is 6. The largest absolute Gasteiger partial charge is 0.360 e. The van der Waals surface area contributed by atoms with Gasteiger partial charge in [-0.3, -0.25) is 4.79 Å². The zero-order valence-corrected chi connectivity index (χ0v) is 12.2. The van der Waals surface area contributed by atoms with E-state index in [1.807, 2.05) is 10.8 Å². The van der Waals surface area contributed by atoms with Gasteiger partial charge in [0.2, 0.25) is 10.1 Å². The van der Waals surface area contributed by atoms with Gasteiger partial charge in [0, 0.05) is 32.0 Å². The van der Waals surface area contributed by atoms with E-state index in [1.165, 1.54) is 11.3 Å². The Hall–Kier alpha value is -1.96. The summed E-state index contributed by atoms with van der Waals surface area (Å²) in [5.74, 6) is -0.169. The van der Waals surface area contributed by atoms with Gasteiger partial charge < -0.3 is 15.2 Å². The first-order valence-electron chi connectivity index (χ1n) is 6.61. The Kier molecular flexibility index (Phi) is 5.48. The average molecular weight is 294 g/mol. The number of imidazole rings is 1. The molecule has 0 bridgehead atoms. The van der Waals surface area contributed by atoms with E-state index in [0.29, 0.717) is 16.7 Å². The monoisotopic (exact) mass is 294 g/mol. The molecular formula is C12H18N6OS. The van der Waals surface area contributed by atoms with Crippen LogP contribution >= 0.6 is 11.3 Å². The molecule has 0 unspecified atom stereocenters. The number of hydrogen-bond donors (Lipinski definition) is 2. The Morgan fingerprint density at radius 2 is 2.30 bits per heavy atom. The zero-order valence-electron chi connectivity index (χ0n) is 11.4. The molecule has 0 atom stereocenters. The molecule has 2 rings (SSSR count). The lowest BCUT2D eigenvalue weighted by atomic mass is 10.4. The van der Waals surface area contributed by atoms with E-state index in [1.54, 1.807) is 12.5 Å². The molecule has 0 saturated heterocycles. The summed E-state index contributed by atoms with van der Waals surface area (Å²) in [4.78, 5) is 15.8. The fraction of sp³-hybridized carbons (Fsp3) is 0.500. The highest BCUT2D eigenvalue weighted by molar-refractivity contribution is 7.17. The Labute approximate surface area is 121 Å². The van der Waals surface area contributed by atoms with Crippen molar-refractivity contribution in [3.05, 3.63) is 23.7 Å². The fourth-order valence-electron chi connectivity index (χ4n) is 1.58. The minimum Gasteiger partial charge on any atom is -0.360 e. The second-order valence-corrected chi connectivity index (χ2v) is 5.23. The summed E-state index contributed by atoms with van der Waals surface area (Å²) in [6, 6.07) is 0. The fourth-order valence-corrected chi connectivity index (χ4v) is 2.26. The lowest BCUT2D eigenvalue weighted by molar-refractivity contribution is 0.0951. The van der Waals surface area contributed by atoms with Gasteiger partial charge in [-0.05, 0) is 12.8 Å². The molecule has 0 spiro atoms. The van der Waals surface area contributed by atoms with Crippen LogP contribution in [0, 0.1) is 0 Å². The SMILES string of the molecule is CCCNc1nnc(C(=O)NCCCn2ccnc2)s1. The van der Waals surface area contributed by atoms with Crippen molar-refractivity contribution in [2.75, 3.05) is 18.4 Å². The molecule has 0 aromatic carbocycles. The summed E-state index contributed by atoms with van der Waals surface area (Å²) in [6.07, 6.45) is 7.26. The van der Waals surface area contributed by atoms with Crippen LogP contribution in [0.2, 0.25) is 0 Å². The van der Waals surface area contributed by atoms with Crippen LogP contribution in [0.5, 0.6) is 0 Å². The molecule has 0 aliphatic heterocycles. The third kappa shape index (κ3) is 4.30. The lowest BCUT2D eigenvalue weighted by Gasteiger charge is -2.03. The van der Waals surface area contributed by atoms with Gasteiger partial charge in [0.25, 0.3) is 5.91 Å². The molecule has 0 radical (unpaired) electrons. The van der Waals surface area contributed by atoms with Crippen molar-refractivity contribution < 1.29 is 4.79 Å². The van der Waals surface area contributed by atoms with Crippen LogP contribution in [0.15, 0.2) is 18.7 Å². The van der Waals surface area contributed by atoms with E-state index in [2.05, 4.69) is 32.7 Å². The van der Waals surface area contributed by atoms with Gasteiger partial charge >= 0.3 is 0 Å². The van der Waals surface area contributed by atoms with Crippen LogP contribution in [-0.2, 0) is 6.54 Å². The molecule has 0 aliphatic carbocycles. The maximum Gasteiger partial charge on any atom is 0.282 e. The Morgan fingerprint density at radius 3 is 3.05 bits per heavy atom. The molecule has 2 heterocycles. The zero-order chi connectivity index (χ0) is 14.2. The molecule has 2 aromatic rings. The highest BCUT2D eigenvalue weighted by atomic mass is 32.1. The van der Waals surface area contributed by atoms with Crippen molar-refractivity contribution in [3.63, 3.8) is 0 Å².